The number of hydrogen-bond donors (Lipinski definition) is 0. The van der Waals surface area contributed by atoms with E-state index in [1.54, 1.807) is 0 Å². The Bertz CT molecular complexity index is 3070. The van der Waals surface area contributed by atoms with Gasteiger partial charge in [-0.25, -0.2) is 0 Å². The predicted molar refractivity (Wildman–Crippen MR) is 213 cm³/mol. The monoisotopic (exact) mass is 650 g/mol. The second-order valence-corrected chi connectivity index (χ2v) is 13.3. The highest BCUT2D eigenvalue weighted by Crippen LogP contribution is 2.43. The molecule has 0 unspecified atom stereocenters. The highest BCUT2D eigenvalue weighted by Gasteiger charge is 2.22. The molecule has 3 heteroatoms. The molecule has 8 aromatic carbocycles. The molecule has 3 nitrogen and oxygen atoms in total. The van der Waals surface area contributed by atoms with Crippen molar-refractivity contribution in [1.82, 2.24) is 9.13 Å². The van der Waals surface area contributed by atoms with Crippen molar-refractivity contribution < 1.29 is 4.42 Å². The first-order valence-electron chi connectivity index (χ1n) is 17.4. The van der Waals surface area contributed by atoms with E-state index in [4.69, 9.17) is 4.42 Å². The molecule has 0 radical (unpaired) electrons. The predicted octanol–water partition coefficient (Wildman–Crippen LogP) is 13.1. The summed E-state index contributed by atoms with van der Waals surface area (Å²) in [5.41, 5.74) is 13.5. The van der Waals surface area contributed by atoms with Crippen LogP contribution in [0.15, 0.2) is 186 Å². The molecule has 51 heavy (non-hydrogen) atoms. The molecule has 0 atom stereocenters. The number of benzene rings is 8. The standard InChI is InChI=1S/C48H30N2O/c1-3-13-31(14-4-1)33-27-34(32-15-5-2-6-16-32)29-36(28-33)50-44-21-11-8-18-38(44)41-25-24-40-37-17-7-10-20-43(37)49(47(40)48(41)50)35-23-26-46-42(30-35)39-19-9-12-22-45(39)51-46/h1-30H. The lowest BCUT2D eigenvalue weighted by molar-refractivity contribution is 0.669. The molecule has 3 aromatic heterocycles. The minimum absolute atomic E-state index is 0.895. The Balaban J connectivity index is 1.30. The largest absolute Gasteiger partial charge is 0.456 e. The Morgan fingerprint density at radius 3 is 1.39 bits per heavy atom. The molecule has 3 heterocycles. The molecular weight excluding hydrogens is 621 g/mol. The van der Waals surface area contributed by atoms with Crippen LogP contribution in [0.3, 0.4) is 0 Å². The van der Waals surface area contributed by atoms with Gasteiger partial charge in [-0.2, -0.15) is 0 Å². The van der Waals surface area contributed by atoms with Crippen molar-refractivity contribution >= 4 is 65.6 Å². The molecule has 11 rings (SSSR count). The van der Waals surface area contributed by atoms with Gasteiger partial charge in [-0.15, -0.1) is 0 Å². The average Bonchev–Trinajstić information content (AvgIpc) is 3.86. The smallest absolute Gasteiger partial charge is 0.135 e. The van der Waals surface area contributed by atoms with Crippen molar-refractivity contribution in [2.75, 3.05) is 0 Å². The highest BCUT2D eigenvalue weighted by molar-refractivity contribution is 6.24. The maximum absolute atomic E-state index is 6.27. The van der Waals surface area contributed by atoms with E-state index >= 15 is 0 Å². The van der Waals surface area contributed by atoms with Gasteiger partial charge >= 0.3 is 0 Å². The number of furan rings is 1. The lowest BCUT2D eigenvalue weighted by atomic mass is 9.98. The molecule has 0 saturated heterocycles. The third-order valence-corrected chi connectivity index (χ3v) is 10.5. The highest BCUT2D eigenvalue weighted by atomic mass is 16.3. The van der Waals surface area contributed by atoms with Crippen molar-refractivity contribution in [3.8, 4) is 33.6 Å². The Morgan fingerprint density at radius 1 is 0.294 bits per heavy atom. The van der Waals surface area contributed by atoms with Crippen molar-refractivity contribution in [2.24, 2.45) is 0 Å². The number of hydrogen-bond acceptors (Lipinski definition) is 1. The number of rotatable bonds is 4. The maximum Gasteiger partial charge on any atom is 0.135 e. The summed E-state index contributed by atoms with van der Waals surface area (Å²) < 4.78 is 11.2. The third kappa shape index (κ3) is 4.19. The van der Waals surface area contributed by atoms with E-state index in [0.29, 0.717) is 0 Å². The van der Waals surface area contributed by atoms with Gasteiger partial charge in [0.15, 0.2) is 0 Å². The first kappa shape index (κ1) is 28.0. The number of nitrogens with zero attached hydrogens (tertiary/aromatic N) is 2. The lowest BCUT2D eigenvalue weighted by Crippen LogP contribution is -1.99. The van der Waals surface area contributed by atoms with E-state index in [0.717, 1.165) is 33.3 Å². The summed E-state index contributed by atoms with van der Waals surface area (Å²) in [5.74, 6) is 0. The molecular formula is C48H30N2O. The van der Waals surface area contributed by atoms with E-state index in [2.05, 4.69) is 179 Å². The van der Waals surface area contributed by atoms with E-state index in [9.17, 15) is 0 Å². The van der Waals surface area contributed by atoms with Crippen LogP contribution in [0.4, 0.5) is 0 Å². The van der Waals surface area contributed by atoms with Gasteiger partial charge in [0.25, 0.3) is 0 Å². The summed E-state index contributed by atoms with van der Waals surface area (Å²) >= 11 is 0. The zero-order valence-corrected chi connectivity index (χ0v) is 27.6. The van der Waals surface area contributed by atoms with Crippen molar-refractivity contribution in [2.45, 2.75) is 0 Å². The van der Waals surface area contributed by atoms with Gasteiger partial charge in [0, 0.05) is 43.7 Å². The summed E-state index contributed by atoms with van der Waals surface area (Å²) in [4.78, 5) is 0. The summed E-state index contributed by atoms with van der Waals surface area (Å²) in [6.45, 7) is 0. The molecule has 0 saturated carbocycles. The molecule has 0 amide bonds. The van der Waals surface area contributed by atoms with Crippen LogP contribution < -0.4 is 0 Å². The Morgan fingerprint density at radius 2 is 0.784 bits per heavy atom. The summed E-state index contributed by atoms with van der Waals surface area (Å²) in [6, 6.07) is 65.6. The van der Waals surface area contributed by atoms with Gasteiger partial charge in [-0.3, -0.25) is 0 Å². The van der Waals surface area contributed by atoms with Crippen LogP contribution in [0, 0.1) is 0 Å². The van der Waals surface area contributed by atoms with Crippen molar-refractivity contribution in [3.63, 3.8) is 0 Å². The van der Waals surface area contributed by atoms with E-state index in [-0.39, 0.29) is 0 Å². The van der Waals surface area contributed by atoms with Crippen LogP contribution in [-0.2, 0) is 0 Å². The number of para-hydroxylation sites is 3. The topological polar surface area (TPSA) is 23.0 Å². The molecule has 0 N–H and O–H groups in total. The zero-order valence-electron chi connectivity index (χ0n) is 27.6. The fraction of sp³-hybridized carbons (Fsp3) is 0. The van der Waals surface area contributed by atoms with Gasteiger partial charge in [0.05, 0.1) is 22.1 Å². The molecule has 0 fully saturated rings. The lowest BCUT2D eigenvalue weighted by Gasteiger charge is -2.16. The van der Waals surface area contributed by atoms with Gasteiger partial charge in [-0.1, -0.05) is 127 Å². The minimum atomic E-state index is 0.895. The second-order valence-electron chi connectivity index (χ2n) is 13.3. The normalized spacial score (nSPS) is 11.9. The summed E-state index contributed by atoms with van der Waals surface area (Å²) in [5, 5.41) is 7.15. The molecule has 0 bridgehead atoms. The second kappa shape index (κ2) is 10.8. The van der Waals surface area contributed by atoms with Crippen LogP contribution in [0.2, 0.25) is 0 Å². The first-order chi connectivity index (χ1) is 25.3. The Kier molecular flexibility index (Phi) is 5.96. The quantitative estimate of drug-likeness (QED) is 0.186. The van der Waals surface area contributed by atoms with E-state index in [1.807, 2.05) is 12.1 Å². The number of fused-ring (bicyclic) bond motifs is 10. The Hall–Kier alpha value is -6.84. The van der Waals surface area contributed by atoms with Gasteiger partial charge in [0.2, 0.25) is 0 Å². The van der Waals surface area contributed by atoms with Gasteiger partial charge in [0.1, 0.15) is 11.2 Å². The average molecular weight is 651 g/mol. The van der Waals surface area contributed by atoms with Crippen LogP contribution in [0.5, 0.6) is 0 Å². The van der Waals surface area contributed by atoms with Crippen molar-refractivity contribution in [1.29, 1.82) is 0 Å². The SMILES string of the molecule is c1ccc(-c2cc(-c3ccccc3)cc(-n3c4ccccc4c4ccc5c6ccccc6n(-c6ccc7oc8ccccc8c7c6)c5c43)c2)cc1. The molecule has 0 spiro atoms. The maximum atomic E-state index is 6.27. The minimum Gasteiger partial charge on any atom is -0.456 e. The van der Waals surface area contributed by atoms with Gasteiger partial charge < -0.3 is 13.6 Å². The molecule has 238 valence electrons. The fourth-order valence-corrected chi connectivity index (χ4v) is 8.23. The molecule has 0 aliphatic carbocycles. The molecule has 0 aliphatic rings. The van der Waals surface area contributed by atoms with Crippen LogP contribution >= 0.6 is 0 Å². The fourth-order valence-electron chi connectivity index (χ4n) is 8.23. The molecule has 11 aromatic rings. The van der Waals surface area contributed by atoms with Gasteiger partial charge in [-0.05, 0) is 76.9 Å². The van der Waals surface area contributed by atoms with E-state index in [1.165, 1.54) is 65.9 Å². The summed E-state index contributed by atoms with van der Waals surface area (Å²) in [7, 11) is 0. The van der Waals surface area contributed by atoms with Crippen LogP contribution in [0.1, 0.15) is 0 Å². The first-order valence-corrected chi connectivity index (χ1v) is 17.4. The van der Waals surface area contributed by atoms with Crippen molar-refractivity contribution in [3.05, 3.63) is 182 Å². The summed E-state index contributed by atoms with van der Waals surface area (Å²) in [6.07, 6.45) is 0. The third-order valence-electron chi connectivity index (χ3n) is 10.5. The van der Waals surface area contributed by atoms with E-state index < -0.39 is 0 Å². The van der Waals surface area contributed by atoms with Crippen LogP contribution in [0.25, 0.3) is 99.2 Å². The zero-order chi connectivity index (χ0) is 33.5. The number of aromatic nitrogens is 2. The Labute approximate surface area is 293 Å². The van der Waals surface area contributed by atoms with Crippen LogP contribution in [-0.4, -0.2) is 9.13 Å². The molecule has 0 aliphatic heterocycles.